The average molecular weight is 452 g/mol. The lowest BCUT2D eigenvalue weighted by atomic mass is 9.92. The molecule has 0 aliphatic carbocycles. The first kappa shape index (κ1) is 20.6. The Morgan fingerprint density at radius 2 is 2.17 bits per heavy atom. The van der Waals surface area contributed by atoms with E-state index in [2.05, 4.69) is 25.4 Å². The first-order valence-electron chi connectivity index (χ1n) is 8.76. The number of ether oxygens (including phenoxy) is 2. The van der Waals surface area contributed by atoms with E-state index in [0.717, 1.165) is 0 Å². The number of tetrazole rings is 1. The molecule has 1 fully saturated rings. The molecule has 3 atom stereocenters. The van der Waals surface area contributed by atoms with Gasteiger partial charge >= 0.3 is 11.9 Å². The Kier molecular flexibility index (Phi) is 5.62. The van der Waals surface area contributed by atoms with Crippen LogP contribution in [0, 0.1) is 5.92 Å². The molecule has 4 rings (SSSR count). The summed E-state index contributed by atoms with van der Waals surface area (Å²) in [6, 6.07) is 3.45. The Morgan fingerprint density at radius 1 is 1.37 bits per heavy atom. The van der Waals surface area contributed by atoms with Crippen LogP contribution in [0.15, 0.2) is 27.8 Å². The number of aliphatic hydroxyl groups is 1. The Bertz CT molecular complexity index is 1060. The van der Waals surface area contributed by atoms with Crippen LogP contribution in [0.4, 0.5) is 0 Å². The van der Waals surface area contributed by atoms with Crippen molar-refractivity contribution in [2.24, 2.45) is 5.92 Å². The largest absolute Gasteiger partial charge is 0.428 e. The van der Waals surface area contributed by atoms with E-state index in [0.29, 0.717) is 21.3 Å². The Morgan fingerprint density at radius 3 is 2.90 bits per heavy atom. The monoisotopic (exact) mass is 452 g/mol. The maximum Gasteiger partial charge on any atom is 0.358 e. The fourth-order valence-corrected chi connectivity index (χ4v) is 5.58. The van der Waals surface area contributed by atoms with Crippen LogP contribution < -0.4 is 0 Å². The zero-order valence-corrected chi connectivity index (χ0v) is 17.4. The van der Waals surface area contributed by atoms with Crippen molar-refractivity contribution in [2.45, 2.75) is 30.4 Å². The molecule has 30 heavy (non-hydrogen) atoms. The smallest absolute Gasteiger partial charge is 0.358 e. The highest BCUT2D eigenvalue weighted by atomic mass is 32.2. The molecule has 0 saturated carbocycles. The molecule has 2 aliphatic rings. The van der Waals surface area contributed by atoms with E-state index in [1.807, 2.05) is 0 Å². The second kappa shape index (κ2) is 8.20. The molecule has 1 N–H and O–H groups in total. The SMILES string of the molecule is CC(=O)OCOC(=O)C1=C(CSc2ccc3nnnn3n2)S[C@@H]2[C@@H]([C@@H](C)O)C(=O)N12. The Hall–Kier alpha value is -2.71. The number of nitrogens with zero attached hydrogens (tertiary/aromatic N) is 6. The van der Waals surface area contributed by atoms with Gasteiger partial charge in [-0.15, -0.1) is 26.6 Å². The topological polar surface area (TPSA) is 149 Å². The lowest BCUT2D eigenvalue weighted by Gasteiger charge is -2.43. The van der Waals surface area contributed by atoms with Crippen LogP contribution in [0.3, 0.4) is 0 Å². The summed E-state index contributed by atoms with van der Waals surface area (Å²) in [5.41, 5.74) is 0.591. The van der Waals surface area contributed by atoms with Crippen molar-refractivity contribution in [3.05, 3.63) is 22.7 Å². The van der Waals surface area contributed by atoms with Gasteiger partial charge < -0.3 is 14.6 Å². The lowest BCUT2D eigenvalue weighted by molar-refractivity contribution is -0.168. The van der Waals surface area contributed by atoms with Crippen molar-refractivity contribution in [3.8, 4) is 0 Å². The van der Waals surface area contributed by atoms with Gasteiger partial charge in [-0.1, -0.05) is 11.8 Å². The van der Waals surface area contributed by atoms with Gasteiger partial charge in [0.25, 0.3) is 0 Å². The fourth-order valence-electron chi connectivity index (χ4n) is 3.03. The molecule has 0 unspecified atom stereocenters. The molecular weight excluding hydrogens is 436 g/mol. The van der Waals surface area contributed by atoms with E-state index < -0.39 is 30.8 Å². The first-order chi connectivity index (χ1) is 14.4. The molecule has 0 aromatic carbocycles. The summed E-state index contributed by atoms with van der Waals surface area (Å²) in [7, 11) is 0. The number of rotatable bonds is 7. The highest BCUT2D eigenvalue weighted by Gasteiger charge is 2.57. The Labute approximate surface area is 177 Å². The molecule has 0 radical (unpaired) electrons. The minimum Gasteiger partial charge on any atom is -0.428 e. The summed E-state index contributed by atoms with van der Waals surface area (Å²) < 4.78 is 10.9. The van der Waals surface area contributed by atoms with E-state index in [1.54, 1.807) is 12.1 Å². The van der Waals surface area contributed by atoms with Crippen molar-refractivity contribution >= 4 is 47.0 Å². The Balaban J connectivity index is 1.53. The summed E-state index contributed by atoms with van der Waals surface area (Å²) in [6.07, 6.45) is -0.847. The summed E-state index contributed by atoms with van der Waals surface area (Å²) >= 11 is 2.65. The predicted octanol–water partition coefficient (Wildman–Crippen LogP) is -0.201. The second-order valence-corrected chi connectivity index (χ2v) is 8.63. The van der Waals surface area contributed by atoms with Crippen molar-refractivity contribution in [1.82, 2.24) is 30.2 Å². The minimum atomic E-state index is -0.847. The molecule has 2 aliphatic heterocycles. The standard InChI is InChI=1S/C16H16N6O6S2/c1-7(23)12-14(25)21-13(16(26)28-6-27-8(2)24)9(30-15(12)21)5-29-11-4-3-10-17-19-20-22(10)18-11/h3-4,7,12,15,23H,5-6H2,1-2H3/t7-,12+,15-/m1/s1. The lowest BCUT2D eigenvalue weighted by Crippen LogP contribution is -2.60. The molecule has 12 nitrogen and oxygen atoms in total. The zero-order chi connectivity index (χ0) is 21.4. The number of β-lactam (4-membered cyclic amide) rings is 1. The van der Waals surface area contributed by atoms with Crippen molar-refractivity contribution in [1.29, 1.82) is 0 Å². The third-order valence-corrected chi connectivity index (χ3v) is 6.91. The average Bonchev–Trinajstić information content (AvgIpc) is 3.27. The number of thioether (sulfide) groups is 2. The molecule has 2 aromatic rings. The molecule has 1 saturated heterocycles. The van der Waals surface area contributed by atoms with E-state index >= 15 is 0 Å². The van der Waals surface area contributed by atoms with Gasteiger partial charge in [0.05, 0.1) is 12.0 Å². The number of hydrogen-bond acceptors (Lipinski definition) is 12. The molecule has 0 spiro atoms. The van der Waals surface area contributed by atoms with Crippen LogP contribution in [-0.2, 0) is 23.9 Å². The third kappa shape index (κ3) is 3.73. The number of carbonyl (C=O) groups excluding carboxylic acids is 3. The van der Waals surface area contributed by atoms with Gasteiger partial charge in [-0.05, 0) is 29.5 Å². The number of aliphatic hydroxyl groups excluding tert-OH is 1. The number of esters is 2. The van der Waals surface area contributed by atoms with Crippen LogP contribution >= 0.6 is 23.5 Å². The van der Waals surface area contributed by atoms with Gasteiger partial charge in [0.2, 0.25) is 12.7 Å². The second-order valence-electron chi connectivity index (χ2n) is 6.43. The molecule has 2 aromatic heterocycles. The molecular formula is C16H16N6O6S2. The van der Waals surface area contributed by atoms with Crippen LogP contribution in [0.25, 0.3) is 5.65 Å². The summed E-state index contributed by atoms with van der Waals surface area (Å²) in [5.74, 6) is -2.00. The quantitative estimate of drug-likeness (QED) is 0.256. The maximum absolute atomic E-state index is 12.6. The van der Waals surface area contributed by atoms with Crippen LogP contribution in [0.1, 0.15) is 13.8 Å². The number of aromatic nitrogens is 5. The van der Waals surface area contributed by atoms with Crippen molar-refractivity contribution in [2.75, 3.05) is 12.5 Å². The van der Waals surface area contributed by atoms with E-state index in [1.165, 1.54) is 46.9 Å². The van der Waals surface area contributed by atoms with Gasteiger partial charge in [0.1, 0.15) is 16.1 Å². The van der Waals surface area contributed by atoms with Crippen molar-refractivity contribution < 1.29 is 29.0 Å². The minimum absolute atomic E-state index is 0.0926. The van der Waals surface area contributed by atoms with Gasteiger partial charge in [-0.3, -0.25) is 14.5 Å². The number of amides is 1. The highest BCUT2D eigenvalue weighted by molar-refractivity contribution is 8.06. The predicted molar refractivity (Wildman–Crippen MR) is 102 cm³/mol. The van der Waals surface area contributed by atoms with Gasteiger partial charge in [0, 0.05) is 17.6 Å². The molecule has 0 bridgehead atoms. The van der Waals surface area contributed by atoms with E-state index in [4.69, 9.17) is 4.74 Å². The normalized spacial score (nSPS) is 21.4. The number of hydrogen-bond donors (Lipinski definition) is 1. The summed E-state index contributed by atoms with van der Waals surface area (Å²) in [6.45, 7) is 2.18. The number of fused-ring (bicyclic) bond motifs is 2. The summed E-state index contributed by atoms with van der Waals surface area (Å²) in [4.78, 5) is 37.9. The summed E-state index contributed by atoms with van der Waals surface area (Å²) in [5, 5.41) is 25.4. The van der Waals surface area contributed by atoms with Crippen LogP contribution in [-0.4, -0.2) is 77.1 Å². The molecule has 158 valence electrons. The number of carbonyl (C=O) groups is 3. The van der Waals surface area contributed by atoms with Crippen LogP contribution in [0.5, 0.6) is 0 Å². The van der Waals surface area contributed by atoms with E-state index in [9.17, 15) is 19.5 Å². The molecule has 4 heterocycles. The van der Waals surface area contributed by atoms with Crippen LogP contribution in [0.2, 0.25) is 0 Å². The highest BCUT2D eigenvalue weighted by Crippen LogP contribution is 2.51. The van der Waals surface area contributed by atoms with Gasteiger partial charge in [-0.25, -0.2) is 4.79 Å². The zero-order valence-electron chi connectivity index (χ0n) is 15.8. The van der Waals surface area contributed by atoms with Crippen molar-refractivity contribution in [3.63, 3.8) is 0 Å². The fraction of sp³-hybridized carbons (Fsp3) is 0.438. The van der Waals surface area contributed by atoms with E-state index in [-0.39, 0.29) is 17.0 Å². The van der Waals surface area contributed by atoms with Gasteiger partial charge in [0.15, 0.2) is 5.65 Å². The van der Waals surface area contributed by atoms with Gasteiger partial charge in [-0.2, -0.15) is 0 Å². The molecule has 14 heteroatoms. The first-order valence-corrected chi connectivity index (χ1v) is 10.6. The maximum atomic E-state index is 12.6. The molecule has 1 amide bonds. The third-order valence-electron chi connectivity index (χ3n) is 4.41.